The third kappa shape index (κ3) is 4.32. The number of ether oxygens (including phenoxy) is 1. The average Bonchev–Trinajstić information content (AvgIpc) is 3.06. The summed E-state index contributed by atoms with van der Waals surface area (Å²) in [6, 6.07) is 12.4. The summed E-state index contributed by atoms with van der Waals surface area (Å²) in [7, 11) is -2.25. The lowest BCUT2D eigenvalue weighted by molar-refractivity contribution is 0.0982. The van der Waals surface area contributed by atoms with Gasteiger partial charge in [-0.05, 0) is 36.4 Å². The van der Waals surface area contributed by atoms with Gasteiger partial charge in [0.1, 0.15) is 17.3 Å². The molecule has 140 valence electrons. The highest BCUT2D eigenvalue weighted by atomic mass is 32.2. The summed E-state index contributed by atoms with van der Waals surface area (Å²) in [6.45, 7) is 0. The number of carbonyl (C=O) groups excluding carboxylic acids is 1. The third-order valence-corrected chi connectivity index (χ3v) is 4.23. The molecule has 0 atom stereocenters. The first-order valence-corrected chi connectivity index (χ1v) is 9.68. The molecule has 3 aromatic rings. The molecule has 2 aromatic carbocycles. The molecule has 0 aliphatic heterocycles. The number of halogens is 1. The Hall–Kier alpha value is -3.20. The van der Waals surface area contributed by atoms with Crippen molar-refractivity contribution in [1.29, 1.82) is 0 Å². The van der Waals surface area contributed by atoms with Crippen LogP contribution in [0.15, 0.2) is 54.7 Å². The van der Waals surface area contributed by atoms with Crippen LogP contribution in [-0.4, -0.2) is 37.5 Å². The van der Waals surface area contributed by atoms with Crippen molar-refractivity contribution in [3.63, 3.8) is 0 Å². The zero-order valence-corrected chi connectivity index (χ0v) is 15.3. The van der Waals surface area contributed by atoms with E-state index in [9.17, 15) is 17.6 Å². The van der Waals surface area contributed by atoms with E-state index >= 15 is 0 Å². The second kappa shape index (κ2) is 7.20. The predicted octanol–water partition coefficient (Wildman–Crippen LogP) is 2.38. The van der Waals surface area contributed by atoms with Gasteiger partial charge in [-0.2, -0.15) is 5.10 Å². The number of nitrogens with zero attached hydrogens (tertiary/aromatic N) is 2. The highest BCUT2D eigenvalue weighted by Crippen LogP contribution is 2.27. The normalized spacial score (nSPS) is 11.2. The van der Waals surface area contributed by atoms with Crippen LogP contribution in [0.1, 0.15) is 10.4 Å². The maximum Gasteiger partial charge on any atom is 0.268 e. The van der Waals surface area contributed by atoms with Crippen molar-refractivity contribution in [3.05, 3.63) is 66.1 Å². The molecule has 3 rings (SSSR count). The van der Waals surface area contributed by atoms with Gasteiger partial charge in [0.25, 0.3) is 5.91 Å². The first kappa shape index (κ1) is 18.6. The van der Waals surface area contributed by atoms with E-state index in [0.29, 0.717) is 17.0 Å². The molecule has 0 fully saturated rings. The van der Waals surface area contributed by atoms with E-state index in [1.54, 1.807) is 24.3 Å². The Bertz CT molecular complexity index is 1090. The van der Waals surface area contributed by atoms with Crippen molar-refractivity contribution in [1.82, 2.24) is 14.5 Å². The van der Waals surface area contributed by atoms with E-state index in [2.05, 4.69) is 5.10 Å². The van der Waals surface area contributed by atoms with Crippen molar-refractivity contribution in [3.8, 4) is 22.7 Å². The molecule has 1 N–H and O–H groups in total. The van der Waals surface area contributed by atoms with Crippen LogP contribution in [0.4, 0.5) is 4.39 Å². The molecule has 0 unspecified atom stereocenters. The molecular weight excluding hydrogens is 373 g/mol. The van der Waals surface area contributed by atoms with Crippen molar-refractivity contribution in [2.75, 3.05) is 13.4 Å². The van der Waals surface area contributed by atoms with Crippen LogP contribution in [-0.2, 0) is 10.0 Å². The summed E-state index contributed by atoms with van der Waals surface area (Å²) >= 11 is 0. The molecule has 0 saturated heterocycles. The summed E-state index contributed by atoms with van der Waals surface area (Å²) in [5.74, 6) is -0.670. The smallest absolute Gasteiger partial charge is 0.268 e. The van der Waals surface area contributed by atoms with E-state index in [1.165, 1.54) is 42.3 Å². The summed E-state index contributed by atoms with van der Waals surface area (Å²) in [5.41, 5.74) is 1.39. The molecule has 0 aliphatic rings. The van der Waals surface area contributed by atoms with Gasteiger partial charge in [-0.25, -0.2) is 22.2 Å². The van der Waals surface area contributed by atoms with Gasteiger partial charge in [0.2, 0.25) is 10.0 Å². The van der Waals surface area contributed by atoms with E-state index in [4.69, 9.17) is 4.74 Å². The Morgan fingerprint density at radius 3 is 2.52 bits per heavy atom. The monoisotopic (exact) mass is 389 g/mol. The number of benzene rings is 2. The Kier molecular flexibility index (Phi) is 4.95. The van der Waals surface area contributed by atoms with Gasteiger partial charge in [0.05, 0.1) is 24.6 Å². The number of amides is 1. The van der Waals surface area contributed by atoms with Gasteiger partial charge in [-0.3, -0.25) is 4.79 Å². The van der Waals surface area contributed by atoms with Crippen molar-refractivity contribution < 1.29 is 22.3 Å². The number of sulfonamides is 1. The molecule has 27 heavy (non-hydrogen) atoms. The first-order chi connectivity index (χ1) is 12.8. The Morgan fingerprint density at radius 2 is 1.89 bits per heavy atom. The zero-order chi connectivity index (χ0) is 19.6. The zero-order valence-electron chi connectivity index (χ0n) is 14.5. The third-order valence-electron chi connectivity index (χ3n) is 3.67. The molecule has 1 heterocycles. The van der Waals surface area contributed by atoms with Crippen molar-refractivity contribution >= 4 is 15.9 Å². The van der Waals surface area contributed by atoms with Gasteiger partial charge in [-0.1, -0.05) is 12.1 Å². The summed E-state index contributed by atoms with van der Waals surface area (Å²) < 4.78 is 44.6. The number of hydrogen-bond acceptors (Lipinski definition) is 5. The fourth-order valence-corrected chi connectivity index (χ4v) is 2.92. The largest absolute Gasteiger partial charge is 0.497 e. The molecule has 0 radical (unpaired) electrons. The van der Waals surface area contributed by atoms with Gasteiger partial charge < -0.3 is 4.74 Å². The molecule has 1 amide bonds. The molecule has 7 nitrogen and oxygen atoms in total. The molecule has 1 aromatic heterocycles. The highest BCUT2D eigenvalue weighted by Gasteiger charge is 2.21. The highest BCUT2D eigenvalue weighted by molar-refractivity contribution is 7.89. The maximum atomic E-state index is 13.2. The molecule has 0 spiro atoms. The van der Waals surface area contributed by atoms with Crippen LogP contribution in [0, 0.1) is 5.82 Å². The molecule has 0 saturated carbocycles. The second-order valence-electron chi connectivity index (χ2n) is 5.75. The van der Waals surface area contributed by atoms with Crippen LogP contribution in [0.5, 0.6) is 5.75 Å². The summed E-state index contributed by atoms with van der Waals surface area (Å²) in [4.78, 5) is 12.5. The molecular formula is C18H16FN3O4S. The van der Waals surface area contributed by atoms with E-state index < -0.39 is 21.7 Å². The summed E-state index contributed by atoms with van der Waals surface area (Å²) in [6.07, 6.45) is 2.28. The minimum Gasteiger partial charge on any atom is -0.497 e. The first-order valence-electron chi connectivity index (χ1n) is 7.79. The number of aromatic nitrogens is 2. The molecule has 0 aliphatic carbocycles. The van der Waals surface area contributed by atoms with Gasteiger partial charge >= 0.3 is 0 Å². The fraction of sp³-hybridized carbons (Fsp3) is 0.111. The number of carbonyl (C=O) groups is 1. The van der Waals surface area contributed by atoms with Crippen molar-refractivity contribution in [2.45, 2.75) is 0 Å². The number of nitrogens with one attached hydrogen (secondary N) is 1. The molecule has 0 bridgehead atoms. The van der Waals surface area contributed by atoms with Crippen LogP contribution < -0.4 is 9.46 Å². The van der Waals surface area contributed by atoms with Crippen LogP contribution in [0.3, 0.4) is 0 Å². The predicted molar refractivity (Wildman–Crippen MR) is 97.8 cm³/mol. The topological polar surface area (TPSA) is 90.3 Å². The average molecular weight is 389 g/mol. The maximum absolute atomic E-state index is 13.2. The quantitative estimate of drug-likeness (QED) is 0.724. The van der Waals surface area contributed by atoms with Crippen molar-refractivity contribution in [2.24, 2.45) is 0 Å². The van der Waals surface area contributed by atoms with Crippen LogP contribution in [0.25, 0.3) is 16.9 Å². The van der Waals surface area contributed by atoms with Gasteiger partial charge in [0.15, 0.2) is 0 Å². The second-order valence-corrected chi connectivity index (χ2v) is 7.50. The fourth-order valence-electron chi connectivity index (χ4n) is 2.47. The van der Waals surface area contributed by atoms with E-state index in [0.717, 1.165) is 6.26 Å². The minimum absolute atomic E-state index is 0.0537. The van der Waals surface area contributed by atoms with Gasteiger partial charge in [0, 0.05) is 11.8 Å². The Labute approximate surface area is 155 Å². The SMILES string of the molecule is COc1cccc(-c2nn(-c3ccc(F)cc3)cc2C(=O)NS(C)(=O)=O)c1. The Balaban J connectivity index is 2.14. The number of hydrogen-bond donors (Lipinski definition) is 1. The minimum atomic E-state index is -3.76. The standard InChI is InChI=1S/C18H16FN3O4S/c1-26-15-5-3-4-12(10-15)17-16(18(23)21-27(2,24)25)11-22(20-17)14-8-6-13(19)7-9-14/h3-11H,1-2H3,(H,21,23). The van der Waals surface area contributed by atoms with Gasteiger partial charge in [-0.15, -0.1) is 0 Å². The number of rotatable bonds is 5. The van der Waals surface area contributed by atoms with Crippen LogP contribution >= 0.6 is 0 Å². The summed E-state index contributed by atoms with van der Waals surface area (Å²) in [5, 5.41) is 4.39. The lowest BCUT2D eigenvalue weighted by Gasteiger charge is -2.05. The molecule has 9 heteroatoms. The lowest BCUT2D eigenvalue weighted by atomic mass is 10.1. The Morgan fingerprint density at radius 1 is 1.19 bits per heavy atom. The lowest BCUT2D eigenvalue weighted by Crippen LogP contribution is -2.29. The van der Waals surface area contributed by atoms with E-state index in [-0.39, 0.29) is 11.3 Å². The van der Waals surface area contributed by atoms with Crippen LogP contribution in [0.2, 0.25) is 0 Å². The number of methoxy groups -OCH3 is 1. The van der Waals surface area contributed by atoms with E-state index in [1.807, 2.05) is 4.72 Å².